The Morgan fingerprint density at radius 2 is 1.96 bits per heavy atom. The van der Waals surface area contributed by atoms with Crippen molar-refractivity contribution in [3.05, 3.63) is 59.2 Å². The lowest BCUT2D eigenvalue weighted by Crippen LogP contribution is -2.34. The SMILES string of the molecule is O=C(O)c1cnc(CN2CCC(Cc3cccc(F)c3F)CC2)cn1. The molecule has 1 fully saturated rings. The maximum Gasteiger partial charge on any atom is 0.356 e. The number of carboxylic acids is 1. The maximum absolute atomic E-state index is 13.8. The fourth-order valence-electron chi connectivity index (χ4n) is 3.14. The standard InChI is InChI=1S/C18H19F2N3O2/c19-15-3-1-2-13(17(15)20)8-12-4-6-23(7-5-12)11-14-9-22-16(10-21-14)18(24)25/h1-3,9-10,12H,4-8,11H2,(H,24,25). The van der Waals surface area contributed by atoms with E-state index in [1.807, 2.05) is 0 Å². The molecule has 2 aromatic rings. The van der Waals surface area contributed by atoms with Crippen molar-refractivity contribution in [1.29, 1.82) is 0 Å². The zero-order valence-corrected chi connectivity index (χ0v) is 13.7. The Labute approximate surface area is 144 Å². The van der Waals surface area contributed by atoms with E-state index in [0.29, 0.717) is 24.4 Å². The molecule has 1 N–H and O–H groups in total. The maximum atomic E-state index is 13.8. The average Bonchev–Trinajstić information content (AvgIpc) is 2.61. The van der Waals surface area contributed by atoms with Crippen LogP contribution in [0.2, 0.25) is 0 Å². The van der Waals surface area contributed by atoms with Crippen LogP contribution in [0.5, 0.6) is 0 Å². The number of carboxylic acid groups (broad SMARTS) is 1. The summed E-state index contributed by atoms with van der Waals surface area (Å²) in [5.74, 6) is -2.30. The first-order chi connectivity index (χ1) is 12.0. The van der Waals surface area contributed by atoms with Crippen LogP contribution in [-0.4, -0.2) is 39.0 Å². The van der Waals surface area contributed by atoms with Crippen LogP contribution < -0.4 is 0 Å². The molecule has 7 heteroatoms. The summed E-state index contributed by atoms with van der Waals surface area (Å²) in [6.07, 6.45) is 5.09. The first-order valence-corrected chi connectivity index (χ1v) is 8.22. The quantitative estimate of drug-likeness (QED) is 0.901. The van der Waals surface area contributed by atoms with Crippen LogP contribution in [0.1, 0.15) is 34.6 Å². The number of aromatic nitrogens is 2. The molecule has 1 saturated heterocycles. The van der Waals surface area contributed by atoms with Gasteiger partial charge in [-0.2, -0.15) is 0 Å². The third-order valence-corrected chi connectivity index (χ3v) is 4.56. The van der Waals surface area contributed by atoms with E-state index in [2.05, 4.69) is 14.9 Å². The third kappa shape index (κ3) is 4.36. The van der Waals surface area contributed by atoms with Gasteiger partial charge in [0.05, 0.1) is 18.1 Å². The largest absolute Gasteiger partial charge is 0.476 e. The van der Waals surface area contributed by atoms with E-state index in [4.69, 9.17) is 5.11 Å². The lowest BCUT2D eigenvalue weighted by molar-refractivity contribution is 0.0689. The van der Waals surface area contributed by atoms with Gasteiger partial charge in [0, 0.05) is 6.54 Å². The second kappa shape index (κ2) is 7.65. The van der Waals surface area contributed by atoms with E-state index in [-0.39, 0.29) is 5.69 Å². The van der Waals surface area contributed by atoms with Gasteiger partial charge in [-0.3, -0.25) is 9.88 Å². The molecule has 0 aliphatic carbocycles. The Morgan fingerprint density at radius 3 is 2.60 bits per heavy atom. The normalized spacial score (nSPS) is 16.1. The van der Waals surface area contributed by atoms with Crippen LogP contribution >= 0.6 is 0 Å². The molecule has 3 rings (SSSR count). The number of likely N-dealkylation sites (tertiary alicyclic amines) is 1. The minimum Gasteiger partial charge on any atom is -0.476 e. The molecular weight excluding hydrogens is 328 g/mol. The highest BCUT2D eigenvalue weighted by atomic mass is 19.2. The molecule has 0 unspecified atom stereocenters. The number of halogens is 2. The smallest absolute Gasteiger partial charge is 0.356 e. The van der Waals surface area contributed by atoms with Crippen molar-refractivity contribution in [1.82, 2.24) is 14.9 Å². The number of nitrogens with zero attached hydrogens (tertiary/aromatic N) is 3. The molecule has 0 radical (unpaired) electrons. The number of aromatic carboxylic acids is 1. The number of carbonyl (C=O) groups is 1. The van der Waals surface area contributed by atoms with Gasteiger partial charge in [0.1, 0.15) is 0 Å². The Morgan fingerprint density at radius 1 is 1.20 bits per heavy atom. The number of benzene rings is 1. The Balaban J connectivity index is 1.51. The monoisotopic (exact) mass is 347 g/mol. The van der Waals surface area contributed by atoms with Crippen LogP contribution in [0, 0.1) is 17.6 Å². The van der Waals surface area contributed by atoms with Gasteiger partial charge in [0.25, 0.3) is 0 Å². The molecule has 25 heavy (non-hydrogen) atoms. The van der Waals surface area contributed by atoms with Crippen molar-refractivity contribution < 1.29 is 18.7 Å². The summed E-state index contributed by atoms with van der Waals surface area (Å²) in [5, 5.41) is 8.82. The highest BCUT2D eigenvalue weighted by molar-refractivity contribution is 5.84. The fraction of sp³-hybridized carbons (Fsp3) is 0.389. The molecule has 2 heterocycles. The summed E-state index contributed by atoms with van der Waals surface area (Å²) in [4.78, 5) is 21.0. The third-order valence-electron chi connectivity index (χ3n) is 4.56. The van der Waals surface area contributed by atoms with E-state index >= 15 is 0 Å². The second-order valence-corrected chi connectivity index (χ2v) is 6.33. The molecule has 0 amide bonds. The van der Waals surface area contributed by atoms with Gasteiger partial charge in [-0.1, -0.05) is 12.1 Å². The summed E-state index contributed by atoms with van der Waals surface area (Å²) in [6, 6.07) is 4.32. The number of hydrogen-bond acceptors (Lipinski definition) is 4. The molecule has 5 nitrogen and oxygen atoms in total. The van der Waals surface area contributed by atoms with E-state index in [0.717, 1.165) is 37.7 Å². The van der Waals surface area contributed by atoms with Crippen LogP contribution in [0.15, 0.2) is 30.6 Å². The Kier molecular flexibility index (Phi) is 5.33. The van der Waals surface area contributed by atoms with Crippen LogP contribution in [0.3, 0.4) is 0 Å². The molecule has 0 atom stereocenters. The van der Waals surface area contributed by atoms with Gasteiger partial charge in [-0.15, -0.1) is 0 Å². The van der Waals surface area contributed by atoms with Crippen molar-refractivity contribution >= 4 is 5.97 Å². The van der Waals surface area contributed by atoms with Crippen molar-refractivity contribution in [2.24, 2.45) is 5.92 Å². The molecule has 1 aliphatic heterocycles. The molecular formula is C18H19F2N3O2. The Bertz CT molecular complexity index is 744. The second-order valence-electron chi connectivity index (χ2n) is 6.33. The summed E-state index contributed by atoms with van der Waals surface area (Å²) in [6.45, 7) is 2.28. The van der Waals surface area contributed by atoms with Crippen molar-refractivity contribution in [3.8, 4) is 0 Å². The predicted molar refractivity (Wildman–Crippen MR) is 87.1 cm³/mol. The minimum absolute atomic E-state index is 0.0698. The van der Waals surface area contributed by atoms with Gasteiger partial charge < -0.3 is 5.11 Å². The summed E-state index contributed by atoms with van der Waals surface area (Å²) < 4.78 is 27.1. The Hall–Kier alpha value is -2.41. The molecule has 0 spiro atoms. The highest BCUT2D eigenvalue weighted by Gasteiger charge is 2.21. The topological polar surface area (TPSA) is 66.3 Å². The first-order valence-electron chi connectivity index (χ1n) is 8.22. The van der Waals surface area contributed by atoms with Gasteiger partial charge in [0.15, 0.2) is 17.3 Å². The number of rotatable bonds is 5. The molecule has 0 bridgehead atoms. The zero-order valence-electron chi connectivity index (χ0n) is 13.7. The number of piperidine rings is 1. The minimum atomic E-state index is -1.09. The van der Waals surface area contributed by atoms with Crippen molar-refractivity contribution in [3.63, 3.8) is 0 Å². The molecule has 1 aromatic heterocycles. The summed E-state index contributed by atoms with van der Waals surface area (Å²) in [7, 11) is 0. The molecule has 0 saturated carbocycles. The zero-order chi connectivity index (χ0) is 17.8. The van der Waals surface area contributed by atoms with Crippen LogP contribution in [0.4, 0.5) is 8.78 Å². The lowest BCUT2D eigenvalue weighted by atomic mass is 9.90. The van der Waals surface area contributed by atoms with Gasteiger partial charge in [0.2, 0.25) is 0 Å². The fourth-order valence-corrected chi connectivity index (χ4v) is 3.14. The van der Waals surface area contributed by atoms with Crippen molar-refractivity contribution in [2.75, 3.05) is 13.1 Å². The van der Waals surface area contributed by atoms with Crippen LogP contribution in [0.25, 0.3) is 0 Å². The summed E-state index contributed by atoms with van der Waals surface area (Å²) in [5.41, 5.74) is 1.09. The summed E-state index contributed by atoms with van der Waals surface area (Å²) >= 11 is 0. The highest BCUT2D eigenvalue weighted by Crippen LogP contribution is 2.24. The van der Waals surface area contributed by atoms with E-state index < -0.39 is 17.6 Å². The van der Waals surface area contributed by atoms with Crippen molar-refractivity contribution in [2.45, 2.75) is 25.8 Å². The van der Waals surface area contributed by atoms with E-state index in [1.165, 1.54) is 12.4 Å². The average molecular weight is 347 g/mol. The lowest BCUT2D eigenvalue weighted by Gasteiger charge is -2.31. The molecule has 1 aliphatic rings. The molecule has 132 valence electrons. The van der Waals surface area contributed by atoms with Gasteiger partial charge in [-0.25, -0.2) is 18.6 Å². The predicted octanol–water partition coefficient (Wildman–Crippen LogP) is 2.91. The van der Waals surface area contributed by atoms with E-state index in [1.54, 1.807) is 12.1 Å². The van der Waals surface area contributed by atoms with Gasteiger partial charge >= 0.3 is 5.97 Å². The number of hydrogen-bond donors (Lipinski definition) is 1. The molecule has 1 aromatic carbocycles. The van der Waals surface area contributed by atoms with Gasteiger partial charge in [-0.05, 0) is 49.9 Å². The van der Waals surface area contributed by atoms with E-state index in [9.17, 15) is 13.6 Å². The first kappa shape index (κ1) is 17.4. The van der Waals surface area contributed by atoms with Crippen LogP contribution in [-0.2, 0) is 13.0 Å².